The van der Waals surface area contributed by atoms with E-state index >= 15 is 0 Å². The third-order valence-electron chi connectivity index (χ3n) is 2.67. The fraction of sp³-hybridized carbons (Fsp3) is 0.900. The Morgan fingerprint density at radius 2 is 1.82 bits per heavy atom. The van der Waals surface area contributed by atoms with Gasteiger partial charge < -0.3 is 9.84 Å². The summed E-state index contributed by atoms with van der Waals surface area (Å²) in [5.41, 5.74) is -1.41. The topological polar surface area (TPSA) is 92.7 Å². The minimum Gasteiger partial charge on any atom is -0.480 e. The SMILES string of the molecule is CCOCCS(=O)(=O)NC(CC)(CC)C(=O)O. The van der Waals surface area contributed by atoms with Crippen molar-refractivity contribution in [1.29, 1.82) is 0 Å². The number of sulfonamides is 1. The lowest BCUT2D eigenvalue weighted by atomic mass is 9.95. The Hall–Kier alpha value is -0.660. The largest absolute Gasteiger partial charge is 0.480 e. The van der Waals surface area contributed by atoms with Crippen molar-refractivity contribution < 1.29 is 23.1 Å². The van der Waals surface area contributed by atoms with E-state index in [2.05, 4.69) is 4.72 Å². The zero-order valence-electron chi connectivity index (χ0n) is 10.5. The first kappa shape index (κ1) is 16.3. The van der Waals surface area contributed by atoms with E-state index in [9.17, 15) is 13.2 Å². The predicted molar refractivity (Wildman–Crippen MR) is 64.4 cm³/mol. The van der Waals surface area contributed by atoms with Crippen molar-refractivity contribution >= 4 is 16.0 Å². The Morgan fingerprint density at radius 3 is 2.18 bits per heavy atom. The Kier molecular flexibility index (Phi) is 6.66. The minimum atomic E-state index is -3.64. The monoisotopic (exact) mass is 267 g/mol. The number of carboxylic acids is 1. The third kappa shape index (κ3) is 5.01. The highest BCUT2D eigenvalue weighted by atomic mass is 32.2. The first-order chi connectivity index (χ1) is 7.83. The van der Waals surface area contributed by atoms with Gasteiger partial charge in [0.2, 0.25) is 10.0 Å². The molecule has 0 saturated heterocycles. The fourth-order valence-corrected chi connectivity index (χ4v) is 2.81. The molecule has 0 aromatic rings. The van der Waals surface area contributed by atoms with Gasteiger partial charge in [-0.25, -0.2) is 8.42 Å². The van der Waals surface area contributed by atoms with E-state index in [4.69, 9.17) is 9.84 Å². The summed E-state index contributed by atoms with van der Waals surface area (Å²) in [6, 6.07) is 0. The van der Waals surface area contributed by atoms with E-state index in [0.717, 1.165) is 0 Å². The molecular weight excluding hydrogens is 246 g/mol. The minimum absolute atomic E-state index is 0.0644. The van der Waals surface area contributed by atoms with Crippen molar-refractivity contribution in [3.8, 4) is 0 Å². The van der Waals surface area contributed by atoms with Gasteiger partial charge in [-0.05, 0) is 19.8 Å². The van der Waals surface area contributed by atoms with Crippen molar-refractivity contribution in [2.45, 2.75) is 39.2 Å². The highest BCUT2D eigenvalue weighted by Crippen LogP contribution is 2.16. The zero-order chi connectivity index (χ0) is 13.5. The van der Waals surface area contributed by atoms with Gasteiger partial charge in [0.05, 0.1) is 12.4 Å². The van der Waals surface area contributed by atoms with Crippen LogP contribution in [0.1, 0.15) is 33.6 Å². The van der Waals surface area contributed by atoms with Gasteiger partial charge >= 0.3 is 5.97 Å². The van der Waals surface area contributed by atoms with E-state index in [-0.39, 0.29) is 25.2 Å². The van der Waals surface area contributed by atoms with Crippen LogP contribution in [0.3, 0.4) is 0 Å². The first-order valence-electron chi connectivity index (χ1n) is 5.66. The Labute approximate surface area is 102 Å². The molecule has 0 unspecified atom stereocenters. The van der Waals surface area contributed by atoms with Crippen LogP contribution in [-0.4, -0.2) is 44.0 Å². The summed E-state index contributed by atoms with van der Waals surface area (Å²) in [7, 11) is -3.64. The van der Waals surface area contributed by atoms with Crippen LogP contribution in [0, 0.1) is 0 Å². The highest BCUT2D eigenvalue weighted by molar-refractivity contribution is 7.89. The number of rotatable bonds is 9. The van der Waals surface area contributed by atoms with Gasteiger partial charge in [-0.3, -0.25) is 4.79 Å². The predicted octanol–water partition coefficient (Wildman–Crippen LogP) is 0.586. The van der Waals surface area contributed by atoms with Crippen LogP contribution >= 0.6 is 0 Å². The van der Waals surface area contributed by atoms with Gasteiger partial charge in [0.25, 0.3) is 0 Å². The molecule has 0 fully saturated rings. The molecule has 17 heavy (non-hydrogen) atoms. The van der Waals surface area contributed by atoms with Crippen molar-refractivity contribution in [3.63, 3.8) is 0 Å². The molecule has 0 saturated carbocycles. The molecule has 0 rings (SSSR count). The summed E-state index contributed by atoms with van der Waals surface area (Å²) in [5, 5.41) is 9.10. The van der Waals surface area contributed by atoms with Gasteiger partial charge in [0, 0.05) is 6.61 Å². The molecule has 0 heterocycles. The lowest BCUT2D eigenvalue weighted by Gasteiger charge is -2.27. The van der Waals surface area contributed by atoms with Crippen LogP contribution in [0.15, 0.2) is 0 Å². The van der Waals surface area contributed by atoms with Crippen molar-refractivity contribution in [1.82, 2.24) is 4.72 Å². The highest BCUT2D eigenvalue weighted by Gasteiger charge is 2.38. The second-order valence-electron chi connectivity index (χ2n) is 3.71. The molecule has 0 radical (unpaired) electrons. The second kappa shape index (κ2) is 6.93. The number of carboxylic acid groups (broad SMARTS) is 1. The number of hydrogen-bond donors (Lipinski definition) is 2. The molecule has 0 aliphatic rings. The summed E-state index contributed by atoms with van der Waals surface area (Å²) in [6.45, 7) is 5.54. The average molecular weight is 267 g/mol. The summed E-state index contributed by atoms with van der Waals surface area (Å²) in [4.78, 5) is 11.1. The quantitative estimate of drug-likeness (QED) is 0.596. The smallest absolute Gasteiger partial charge is 0.324 e. The molecule has 0 atom stereocenters. The van der Waals surface area contributed by atoms with Crippen LogP contribution in [0.2, 0.25) is 0 Å². The van der Waals surface area contributed by atoms with Gasteiger partial charge in [0.15, 0.2) is 0 Å². The molecule has 7 heteroatoms. The Bertz CT molecular complexity index is 335. The maximum Gasteiger partial charge on any atom is 0.324 e. The molecule has 0 aromatic heterocycles. The molecular formula is C10H21NO5S. The zero-order valence-corrected chi connectivity index (χ0v) is 11.3. The average Bonchev–Trinajstić information content (AvgIpc) is 2.26. The summed E-state index contributed by atoms with van der Waals surface area (Å²) in [5.74, 6) is -1.38. The number of carbonyl (C=O) groups is 1. The van der Waals surface area contributed by atoms with Crippen LogP contribution in [0.5, 0.6) is 0 Å². The van der Waals surface area contributed by atoms with Crippen molar-refractivity contribution in [2.75, 3.05) is 19.0 Å². The Balaban J connectivity index is 4.70. The van der Waals surface area contributed by atoms with Gasteiger partial charge in [-0.1, -0.05) is 13.8 Å². The van der Waals surface area contributed by atoms with E-state index in [0.29, 0.717) is 6.61 Å². The Morgan fingerprint density at radius 1 is 1.29 bits per heavy atom. The fourth-order valence-electron chi connectivity index (χ4n) is 1.40. The number of hydrogen-bond acceptors (Lipinski definition) is 4. The lowest BCUT2D eigenvalue weighted by molar-refractivity contribution is -0.144. The standard InChI is InChI=1S/C10H21NO5S/c1-4-10(5-2,9(12)13)11-17(14,15)8-7-16-6-3/h11H,4-8H2,1-3H3,(H,12,13). The molecule has 0 aromatic carbocycles. The van der Waals surface area contributed by atoms with Crippen LogP contribution in [0.25, 0.3) is 0 Å². The van der Waals surface area contributed by atoms with Crippen LogP contribution in [0.4, 0.5) is 0 Å². The molecule has 0 aliphatic heterocycles. The molecule has 0 amide bonds. The number of nitrogens with one attached hydrogen (secondary N) is 1. The third-order valence-corrected chi connectivity index (χ3v) is 4.07. The number of ether oxygens (including phenoxy) is 1. The molecule has 0 aliphatic carbocycles. The maximum atomic E-state index is 11.7. The van der Waals surface area contributed by atoms with Crippen molar-refractivity contribution in [2.24, 2.45) is 0 Å². The molecule has 2 N–H and O–H groups in total. The summed E-state index contributed by atoms with van der Waals surface area (Å²) >= 11 is 0. The lowest BCUT2D eigenvalue weighted by Crippen LogP contribution is -2.54. The van der Waals surface area contributed by atoms with E-state index in [1.54, 1.807) is 20.8 Å². The van der Waals surface area contributed by atoms with E-state index < -0.39 is 21.5 Å². The van der Waals surface area contributed by atoms with Crippen molar-refractivity contribution in [3.05, 3.63) is 0 Å². The van der Waals surface area contributed by atoms with E-state index in [1.165, 1.54) is 0 Å². The van der Waals surface area contributed by atoms with Gasteiger partial charge in [0.1, 0.15) is 5.54 Å². The van der Waals surface area contributed by atoms with Crippen LogP contribution < -0.4 is 4.72 Å². The maximum absolute atomic E-state index is 11.7. The molecule has 6 nitrogen and oxygen atoms in total. The first-order valence-corrected chi connectivity index (χ1v) is 7.31. The number of aliphatic carboxylic acids is 1. The molecule has 0 bridgehead atoms. The molecule has 0 spiro atoms. The van der Waals surface area contributed by atoms with Crippen LogP contribution in [-0.2, 0) is 19.6 Å². The summed E-state index contributed by atoms with van der Waals surface area (Å²) in [6.07, 6.45) is 0.402. The van der Waals surface area contributed by atoms with Gasteiger partial charge in [-0.2, -0.15) is 4.72 Å². The second-order valence-corrected chi connectivity index (χ2v) is 5.55. The van der Waals surface area contributed by atoms with E-state index in [1.807, 2.05) is 0 Å². The summed E-state index contributed by atoms with van der Waals surface area (Å²) < 4.78 is 30.6. The molecule has 102 valence electrons. The normalized spacial score (nSPS) is 12.6. The van der Waals surface area contributed by atoms with Gasteiger partial charge in [-0.15, -0.1) is 0 Å².